The molecule has 6 nitrogen and oxygen atoms in total. The van der Waals surface area contributed by atoms with Gasteiger partial charge in [0.25, 0.3) is 0 Å². The summed E-state index contributed by atoms with van der Waals surface area (Å²) in [6.07, 6.45) is 1.08. The molecule has 0 spiro atoms. The van der Waals surface area contributed by atoms with Crippen LogP contribution in [0.2, 0.25) is 0 Å². The number of nitrogens with one attached hydrogen (secondary N) is 3. The van der Waals surface area contributed by atoms with Crippen molar-refractivity contribution in [3.8, 4) is 0 Å². The summed E-state index contributed by atoms with van der Waals surface area (Å²) < 4.78 is 5.07. The number of carbonyl (C=O) groups excluding carboxylic acids is 1. The number of hydrogen-bond donors (Lipinski definition) is 4. The molecule has 6 heteroatoms. The van der Waals surface area contributed by atoms with Crippen LogP contribution < -0.4 is 10.8 Å². The van der Waals surface area contributed by atoms with Gasteiger partial charge in [-0.15, -0.1) is 0 Å². The summed E-state index contributed by atoms with van der Waals surface area (Å²) >= 11 is 0. The van der Waals surface area contributed by atoms with E-state index in [4.69, 9.17) is 15.4 Å². The fraction of sp³-hybridized carbons (Fsp3) is 0.800. The summed E-state index contributed by atoms with van der Waals surface area (Å²) in [5, 5.41) is 18.7. The van der Waals surface area contributed by atoms with Crippen LogP contribution in [0.5, 0.6) is 0 Å². The molecule has 16 heavy (non-hydrogen) atoms. The van der Waals surface area contributed by atoms with E-state index < -0.39 is 17.1 Å². The summed E-state index contributed by atoms with van der Waals surface area (Å²) in [7, 11) is 0. The van der Waals surface area contributed by atoms with Crippen molar-refractivity contribution in [2.24, 2.45) is 5.41 Å². The lowest BCUT2D eigenvalue weighted by molar-refractivity contribution is 0.0520. The van der Waals surface area contributed by atoms with Crippen molar-refractivity contribution < 1.29 is 14.7 Å². The van der Waals surface area contributed by atoms with Crippen LogP contribution >= 0.6 is 0 Å². The quantitative estimate of drug-likeness (QED) is 0.333. The van der Waals surface area contributed by atoms with Crippen LogP contribution in [0.4, 0.5) is 4.79 Å². The highest BCUT2D eigenvalue weighted by Crippen LogP contribution is 2.45. The molecule has 1 fully saturated rings. The topological polar surface area (TPSA) is 94.4 Å². The van der Waals surface area contributed by atoms with E-state index in [9.17, 15) is 4.79 Å². The standard InChI is InChI=1S/C10H19N3O3/c1-9(2,3)16-8(14)12-6-10(4-5-10)7(11)13-15/h15H,4-6H2,1-3H3,(H2,11,13)(H,12,14). The van der Waals surface area contributed by atoms with Gasteiger partial charge in [-0.3, -0.25) is 16.1 Å². The minimum absolute atomic E-state index is 0.0450. The molecule has 0 aliphatic heterocycles. The molecule has 0 radical (unpaired) electrons. The zero-order valence-corrected chi connectivity index (χ0v) is 9.89. The molecule has 1 rings (SSSR count). The van der Waals surface area contributed by atoms with Gasteiger partial charge in [0.2, 0.25) is 0 Å². The first-order valence-electron chi connectivity index (χ1n) is 5.25. The van der Waals surface area contributed by atoms with E-state index in [-0.39, 0.29) is 5.84 Å². The lowest BCUT2D eigenvalue weighted by Gasteiger charge is -2.21. The number of hydrogen-bond acceptors (Lipinski definition) is 4. The normalized spacial score (nSPS) is 17.5. The average molecular weight is 229 g/mol. The van der Waals surface area contributed by atoms with Crippen LogP contribution in [0.1, 0.15) is 33.6 Å². The van der Waals surface area contributed by atoms with Gasteiger partial charge >= 0.3 is 6.09 Å². The monoisotopic (exact) mass is 229 g/mol. The first kappa shape index (κ1) is 12.8. The second kappa shape index (κ2) is 4.29. The SMILES string of the molecule is CC(C)(C)OC(=O)NCC1(C(=N)NO)CC1. The van der Waals surface area contributed by atoms with Crippen molar-refractivity contribution >= 4 is 11.9 Å². The number of hydroxylamine groups is 1. The maximum atomic E-state index is 11.4. The van der Waals surface area contributed by atoms with Crippen molar-refractivity contribution in [2.75, 3.05) is 6.54 Å². The molecular formula is C10H19N3O3. The van der Waals surface area contributed by atoms with E-state index in [0.29, 0.717) is 6.54 Å². The maximum absolute atomic E-state index is 11.4. The molecule has 0 atom stereocenters. The number of carbonyl (C=O) groups is 1. The molecule has 1 amide bonds. The van der Waals surface area contributed by atoms with Gasteiger partial charge in [-0.25, -0.2) is 4.79 Å². The molecule has 4 N–H and O–H groups in total. The van der Waals surface area contributed by atoms with Crippen molar-refractivity contribution in [3.63, 3.8) is 0 Å². The minimum atomic E-state index is -0.524. The van der Waals surface area contributed by atoms with Crippen LogP contribution in [0.3, 0.4) is 0 Å². The Labute approximate surface area is 94.8 Å². The molecule has 0 unspecified atom stereocenters. The van der Waals surface area contributed by atoms with E-state index in [2.05, 4.69) is 5.32 Å². The second-order valence-corrected chi connectivity index (χ2v) is 5.12. The molecule has 0 bridgehead atoms. The second-order valence-electron chi connectivity index (χ2n) is 5.12. The van der Waals surface area contributed by atoms with E-state index in [1.165, 1.54) is 0 Å². The molecule has 0 aromatic rings. The first-order chi connectivity index (χ1) is 7.29. The molecule has 0 aromatic heterocycles. The fourth-order valence-corrected chi connectivity index (χ4v) is 1.34. The van der Waals surface area contributed by atoms with E-state index in [1.807, 2.05) is 5.48 Å². The Morgan fingerprint density at radius 3 is 2.44 bits per heavy atom. The number of amides is 1. The Bertz CT molecular complexity index is 292. The number of rotatable bonds is 3. The Kier molecular flexibility index (Phi) is 3.42. The molecule has 1 aliphatic carbocycles. The van der Waals surface area contributed by atoms with E-state index in [1.54, 1.807) is 20.8 Å². The third-order valence-electron chi connectivity index (χ3n) is 2.47. The molecular weight excluding hydrogens is 210 g/mol. The van der Waals surface area contributed by atoms with Crippen molar-refractivity contribution in [1.82, 2.24) is 10.8 Å². The third-order valence-corrected chi connectivity index (χ3v) is 2.47. The van der Waals surface area contributed by atoms with Gasteiger partial charge in [0, 0.05) is 12.0 Å². The van der Waals surface area contributed by atoms with Gasteiger partial charge in [-0.1, -0.05) is 0 Å². The maximum Gasteiger partial charge on any atom is 0.407 e. The van der Waals surface area contributed by atoms with Gasteiger partial charge in [-0.05, 0) is 33.6 Å². The Balaban J connectivity index is 2.35. The van der Waals surface area contributed by atoms with Crippen LogP contribution in [0.15, 0.2) is 0 Å². The smallest absolute Gasteiger partial charge is 0.407 e. The summed E-state index contributed by atoms with van der Waals surface area (Å²) in [5.74, 6) is 0.0450. The molecule has 1 aliphatic rings. The predicted molar refractivity (Wildman–Crippen MR) is 58.6 cm³/mol. The molecule has 1 saturated carbocycles. The summed E-state index contributed by atoms with van der Waals surface area (Å²) in [6.45, 7) is 5.68. The third kappa shape index (κ3) is 3.37. The lowest BCUT2D eigenvalue weighted by Crippen LogP contribution is -2.40. The van der Waals surface area contributed by atoms with Crippen LogP contribution in [-0.2, 0) is 4.74 Å². The Hall–Kier alpha value is -1.30. The van der Waals surface area contributed by atoms with Crippen molar-refractivity contribution in [2.45, 2.75) is 39.2 Å². The zero-order chi connectivity index (χ0) is 12.4. The summed E-state index contributed by atoms with van der Waals surface area (Å²) in [5.41, 5.74) is 0.882. The fourth-order valence-electron chi connectivity index (χ4n) is 1.34. The summed E-state index contributed by atoms with van der Waals surface area (Å²) in [6, 6.07) is 0. The highest BCUT2D eigenvalue weighted by atomic mass is 16.6. The van der Waals surface area contributed by atoms with E-state index >= 15 is 0 Å². The highest BCUT2D eigenvalue weighted by Gasteiger charge is 2.47. The Morgan fingerprint density at radius 2 is 2.06 bits per heavy atom. The van der Waals surface area contributed by atoms with Crippen molar-refractivity contribution in [3.05, 3.63) is 0 Å². The van der Waals surface area contributed by atoms with Gasteiger partial charge in [0.1, 0.15) is 11.4 Å². The zero-order valence-electron chi connectivity index (χ0n) is 9.89. The lowest BCUT2D eigenvalue weighted by atomic mass is 10.1. The van der Waals surface area contributed by atoms with Crippen LogP contribution in [0, 0.1) is 10.8 Å². The van der Waals surface area contributed by atoms with Gasteiger partial charge in [-0.2, -0.15) is 0 Å². The van der Waals surface area contributed by atoms with Gasteiger partial charge in [0.05, 0.1) is 0 Å². The van der Waals surface area contributed by atoms with E-state index in [0.717, 1.165) is 12.8 Å². The Morgan fingerprint density at radius 1 is 1.50 bits per heavy atom. The van der Waals surface area contributed by atoms with Gasteiger partial charge < -0.3 is 10.1 Å². The van der Waals surface area contributed by atoms with Crippen molar-refractivity contribution in [1.29, 1.82) is 5.41 Å². The average Bonchev–Trinajstić information content (AvgIpc) is 2.92. The minimum Gasteiger partial charge on any atom is -0.444 e. The van der Waals surface area contributed by atoms with Crippen LogP contribution in [0.25, 0.3) is 0 Å². The number of amidine groups is 1. The molecule has 0 heterocycles. The molecule has 92 valence electrons. The predicted octanol–water partition coefficient (Wildman–Crippen LogP) is 1.25. The highest BCUT2D eigenvalue weighted by molar-refractivity contribution is 5.87. The van der Waals surface area contributed by atoms with Gasteiger partial charge in [0.15, 0.2) is 0 Å². The number of alkyl carbamates (subject to hydrolysis) is 1. The summed E-state index contributed by atoms with van der Waals surface area (Å²) in [4.78, 5) is 11.4. The number of ether oxygens (including phenoxy) is 1. The van der Waals surface area contributed by atoms with Crippen LogP contribution in [-0.4, -0.2) is 29.3 Å². The first-order valence-corrected chi connectivity index (χ1v) is 5.25. The largest absolute Gasteiger partial charge is 0.444 e. The molecule has 0 saturated heterocycles. The molecule has 0 aromatic carbocycles.